The number of aromatic nitrogens is 2. The van der Waals surface area contributed by atoms with Crippen molar-refractivity contribution in [1.82, 2.24) is 14.3 Å². The molecule has 0 unspecified atom stereocenters. The third kappa shape index (κ3) is 2.09. The molecule has 0 aromatic carbocycles. The topological polar surface area (TPSA) is 103 Å². The lowest BCUT2D eigenvalue weighted by Gasteiger charge is -2.12. The van der Waals surface area contributed by atoms with Crippen molar-refractivity contribution in [2.24, 2.45) is 0 Å². The van der Waals surface area contributed by atoms with Gasteiger partial charge in [-0.1, -0.05) is 0 Å². The lowest BCUT2D eigenvalue weighted by Crippen LogP contribution is -2.32. The molecular weight excluding hydrogens is 210 g/mol. The summed E-state index contributed by atoms with van der Waals surface area (Å²) in [6, 6.07) is 0. The highest BCUT2D eigenvalue weighted by molar-refractivity contribution is 7.89. The van der Waals surface area contributed by atoms with Gasteiger partial charge in [-0.15, -0.1) is 0 Å². The Hall–Kier alpha value is -1.41. The number of hydrogen-bond acceptors (Lipinski definition) is 4. The number of nitrogens with one attached hydrogen (secondary N) is 1. The predicted molar refractivity (Wildman–Crippen MR) is 46.0 cm³/mol. The first-order valence-corrected chi connectivity index (χ1v) is 5.05. The molecule has 0 atom stereocenters. The summed E-state index contributed by atoms with van der Waals surface area (Å²) in [6.45, 7) is -0.582. The lowest BCUT2D eigenvalue weighted by atomic mass is 10.7. The second-order valence-corrected chi connectivity index (χ2v) is 4.58. The van der Waals surface area contributed by atoms with E-state index in [9.17, 15) is 13.2 Å². The van der Waals surface area contributed by atoms with Gasteiger partial charge in [0, 0.05) is 7.05 Å². The van der Waals surface area contributed by atoms with E-state index in [1.807, 2.05) is 0 Å². The van der Waals surface area contributed by atoms with Crippen molar-refractivity contribution in [1.29, 1.82) is 0 Å². The number of carbonyl (C=O) groups is 1. The minimum Gasteiger partial charge on any atom is -0.480 e. The van der Waals surface area contributed by atoms with Crippen LogP contribution in [-0.2, 0) is 14.8 Å². The van der Waals surface area contributed by atoms with E-state index in [1.165, 1.54) is 13.4 Å². The molecule has 0 spiro atoms. The maximum absolute atomic E-state index is 11.5. The molecule has 0 aliphatic heterocycles. The zero-order chi connectivity index (χ0) is 10.8. The van der Waals surface area contributed by atoms with E-state index in [0.717, 1.165) is 10.5 Å². The molecular formula is C6H9N3O4S. The summed E-state index contributed by atoms with van der Waals surface area (Å²) in [6.07, 6.45) is 2.33. The molecule has 8 heteroatoms. The number of likely N-dealkylation sites (N-methyl/N-ethyl adjacent to an activating group) is 1. The molecule has 1 aromatic heterocycles. The van der Waals surface area contributed by atoms with E-state index in [4.69, 9.17) is 5.11 Å². The quantitative estimate of drug-likeness (QED) is 0.684. The normalized spacial score (nSPS) is 11.9. The number of rotatable bonds is 4. The third-order valence-electron chi connectivity index (χ3n) is 1.52. The number of carboxylic acid groups (broad SMARTS) is 1. The Bertz CT molecular complexity index is 410. The maximum atomic E-state index is 11.5. The van der Waals surface area contributed by atoms with Crippen LogP contribution in [0.15, 0.2) is 17.6 Å². The van der Waals surface area contributed by atoms with Crippen molar-refractivity contribution in [3.05, 3.63) is 12.5 Å². The maximum Gasteiger partial charge on any atom is 0.318 e. The number of H-pyrrole nitrogens is 1. The van der Waals surface area contributed by atoms with Gasteiger partial charge < -0.3 is 10.1 Å². The SMILES string of the molecule is CN(CC(=O)O)S(=O)(=O)c1cnc[nH]1. The van der Waals surface area contributed by atoms with Crippen molar-refractivity contribution >= 4 is 16.0 Å². The first-order chi connectivity index (χ1) is 6.44. The number of hydrogen-bond donors (Lipinski definition) is 2. The van der Waals surface area contributed by atoms with E-state index in [1.54, 1.807) is 0 Å². The molecule has 78 valence electrons. The highest BCUT2D eigenvalue weighted by atomic mass is 32.2. The van der Waals surface area contributed by atoms with Crippen LogP contribution in [-0.4, -0.2) is 47.4 Å². The summed E-state index contributed by atoms with van der Waals surface area (Å²) in [5.41, 5.74) is 0. The molecule has 1 heterocycles. The standard InChI is InChI=1S/C6H9N3O4S/c1-9(3-6(10)11)14(12,13)5-2-7-4-8-5/h2,4H,3H2,1H3,(H,7,8)(H,10,11). The van der Waals surface area contributed by atoms with Crippen LogP contribution in [0.5, 0.6) is 0 Å². The van der Waals surface area contributed by atoms with Crippen LogP contribution >= 0.6 is 0 Å². The summed E-state index contributed by atoms with van der Waals surface area (Å²) in [5, 5.41) is 8.29. The molecule has 2 N–H and O–H groups in total. The minimum absolute atomic E-state index is 0.124. The Morgan fingerprint density at radius 2 is 2.36 bits per heavy atom. The van der Waals surface area contributed by atoms with Crippen LogP contribution in [0.4, 0.5) is 0 Å². The number of carboxylic acids is 1. The number of sulfonamides is 1. The third-order valence-corrected chi connectivity index (χ3v) is 3.25. The van der Waals surface area contributed by atoms with Crippen molar-refractivity contribution in [3.63, 3.8) is 0 Å². The molecule has 0 bridgehead atoms. The van der Waals surface area contributed by atoms with Crippen LogP contribution in [0.2, 0.25) is 0 Å². The molecule has 14 heavy (non-hydrogen) atoms. The summed E-state index contributed by atoms with van der Waals surface area (Å²) in [5.74, 6) is -1.21. The fourth-order valence-electron chi connectivity index (χ4n) is 0.828. The Morgan fingerprint density at radius 1 is 1.71 bits per heavy atom. The van der Waals surface area contributed by atoms with E-state index in [0.29, 0.717) is 0 Å². The van der Waals surface area contributed by atoms with Crippen LogP contribution in [0.1, 0.15) is 0 Å². The summed E-state index contributed by atoms with van der Waals surface area (Å²) >= 11 is 0. The largest absolute Gasteiger partial charge is 0.480 e. The Kier molecular flexibility index (Phi) is 2.87. The highest BCUT2D eigenvalue weighted by Crippen LogP contribution is 2.08. The van der Waals surface area contributed by atoms with E-state index < -0.39 is 22.5 Å². The Balaban J connectivity index is 2.92. The molecule has 0 aliphatic rings. The van der Waals surface area contributed by atoms with Gasteiger partial charge >= 0.3 is 5.97 Å². The van der Waals surface area contributed by atoms with Gasteiger partial charge in [-0.05, 0) is 0 Å². The second-order valence-electron chi connectivity index (χ2n) is 2.57. The number of imidazole rings is 1. The number of aromatic amines is 1. The van der Waals surface area contributed by atoms with Gasteiger partial charge in [0.25, 0.3) is 10.0 Å². The molecule has 0 fully saturated rings. The van der Waals surface area contributed by atoms with Crippen LogP contribution in [0, 0.1) is 0 Å². The summed E-state index contributed by atoms with van der Waals surface area (Å²) < 4.78 is 23.8. The van der Waals surface area contributed by atoms with Crippen molar-refractivity contribution in [2.75, 3.05) is 13.6 Å². The average Bonchev–Trinajstić information content (AvgIpc) is 2.54. The molecule has 0 radical (unpaired) electrons. The van der Waals surface area contributed by atoms with Gasteiger partial charge in [-0.25, -0.2) is 13.4 Å². The molecule has 1 rings (SSSR count). The van der Waals surface area contributed by atoms with Gasteiger partial charge in [0.1, 0.15) is 6.54 Å². The van der Waals surface area contributed by atoms with Crippen molar-refractivity contribution in [3.8, 4) is 0 Å². The average molecular weight is 219 g/mol. The van der Waals surface area contributed by atoms with Crippen LogP contribution in [0.25, 0.3) is 0 Å². The van der Waals surface area contributed by atoms with Crippen LogP contribution < -0.4 is 0 Å². The predicted octanol–water partition coefficient (Wildman–Crippen LogP) is -0.885. The van der Waals surface area contributed by atoms with Crippen molar-refractivity contribution in [2.45, 2.75) is 5.03 Å². The smallest absolute Gasteiger partial charge is 0.318 e. The molecule has 0 aliphatic carbocycles. The summed E-state index contributed by atoms with van der Waals surface area (Å²) in [4.78, 5) is 16.2. The zero-order valence-electron chi connectivity index (χ0n) is 7.34. The van der Waals surface area contributed by atoms with Gasteiger partial charge in [0.05, 0.1) is 12.5 Å². The first-order valence-electron chi connectivity index (χ1n) is 3.61. The zero-order valence-corrected chi connectivity index (χ0v) is 8.15. The van der Waals surface area contributed by atoms with E-state index in [-0.39, 0.29) is 5.03 Å². The van der Waals surface area contributed by atoms with Crippen molar-refractivity contribution < 1.29 is 18.3 Å². The Labute approximate surface area is 80.4 Å². The molecule has 0 saturated carbocycles. The Morgan fingerprint density at radius 3 is 2.79 bits per heavy atom. The fourth-order valence-corrected chi connectivity index (χ4v) is 1.84. The van der Waals surface area contributed by atoms with Gasteiger partial charge in [-0.2, -0.15) is 4.31 Å². The molecule has 1 aromatic rings. The summed E-state index contributed by atoms with van der Waals surface area (Å²) in [7, 11) is -2.57. The molecule has 7 nitrogen and oxygen atoms in total. The van der Waals surface area contributed by atoms with E-state index in [2.05, 4.69) is 9.97 Å². The number of nitrogens with zero attached hydrogens (tertiary/aromatic N) is 2. The van der Waals surface area contributed by atoms with Crippen LogP contribution in [0.3, 0.4) is 0 Å². The number of aliphatic carboxylic acids is 1. The van der Waals surface area contributed by atoms with Gasteiger partial charge in [-0.3, -0.25) is 4.79 Å². The van der Waals surface area contributed by atoms with Gasteiger partial charge in [0.15, 0.2) is 5.03 Å². The lowest BCUT2D eigenvalue weighted by molar-refractivity contribution is -0.137. The first kappa shape index (κ1) is 10.7. The molecule has 0 saturated heterocycles. The fraction of sp³-hybridized carbons (Fsp3) is 0.333. The van der Waals surface area contributed by atoms with E-state index >= 15 is 0 Å². The highest BCUT2D eigenvalue weighted by Gasteiger charge is 2.23. The second kappa shape index (κ2) is 3.76. The monoisotopic (exact) mass is 219 g/mol. The minimum atomic E-state index is -3.76. The molecule has 0 amide bonds. The van der Waals surface area contributed by atoms with Gasteiger partial charge in [0.2, 0.25) is 0 Å².